The zero-order valence-corrected chi connectivity index (χ0v) is 16.4. The number of hydrogen-bond donors (Lipinski definition) is 1. The number of rotatable bonds is 7. The summed E-state index contributed by atoms with van der Waals surface area (Å²) < 4.78 is 6.91. The maximum atomic E-state index is 12.8. The Bertz CT molecular complexity index is 987. The van der Waals surface area contributed by atoms with Gasteiger partial charge >= 0.3 is 0 Å². The lowest BCUT2D eigenvalue weighted by molar-refractivity contribution is -0.114. The molecule has 0 saturated carbocycles. The molecule has 1 aromatic heterocycles. The molecule has 1 amide bonds. The highest BCUT2D eigenvalue weighted by Crippen LogP contribution is 2.29. The van der Waals surface area contributed by atoms with Crippen molar-refractivity contribution in [2.24, 2.45) is 0 Å². The van der Waals surface area contributed by atoms with E-state index in [0.29, 0.717) is 27.8 Å². The molecule has 2 aromatic carbocycles. The smallest absolute Gasteiger partial charge is 0.221 e. The third kappa shape index (κ3) is 4.37. The van der Waals surface area contributed by atoms with Gasteiger partial charge in [0.1, 0.15) is 11.4 Å². The Labute approximate surface area is 166 Å². The highest BCUT2D eigenvalue weighted by Gasteiger charge is 2.21. The van der Waals surface area contributed by atoms with Crippen LogP contribution < -0.4 is 10.1 Å². The summed E-state index contributed by atoms with van der Waals surface area (Å²) in [4.78, 5) is 23.9. The summed E-state index contributed by atoms with van der Waals surface area (Å²) >= 11 is 1.26. The molecule has 0 radical (unpaired) electrons. The molecule has 0 spiro atoms. The van der Waals surface area contributed by atoms with Crippen molar-refractivity contribution in [2.75, 3.05) is 12.4 Å². The Balaban J connectivity index is 1.77. The van der Waals surface area contributed by atoms with Crippen molar-refractivity contribution in [1.82, 2.24) is 20.2 Å². The zero-order valence-electron chi connectivity index (χ0n) is 15.6. The van der Waals surface area contributed by atoms with Crippen molar-refractivity contribution >= 4 is 29.1 Å². The summed E-state index contributed by atoms with van der Waals surface area (Å²) in [6, 6.07) is 14.1. The maximum absolute atomic E-state index is 12.8. The summed E-state index contributed by atoms with van der Waals surface area (Å²) in [5.74, 6) is 0.407. The molecule has 1 atom stereocenters. The first-order chi connectivity index (χ1) is 13.5. The molecule has 0 aliphatic heterocycles. The first kappa shape index (κ1) is 19.6. The molecule has 0 fully saturated rings. The van der Waals surface area contributed by atoms with Gasteiger partial charge in [-0.1, -0.05) is 23.9 Å². The van der Waals surface area contributed by atoms with Crippen LogP contribution in [0.15, 0.2) is 53.7 Å². The fraction of sp³-hybridized carbons (Fsp3) is 0.211. The monoisotopic (exact) mass is 397 g/mol. The minimum atomic E-state index is -0.411. The number of hydrogen-bond acceptors (Lipinski definition) is 7. The topological polar surface area (TPSA) is 99.0 Å². The Morgan fingerprint density at radius 1 is 1.14 bits per heavy atom. The van der Waals surface area contributed by atoms with E-state index in [1.54, 1.807) is 43.0 Å². The molecule has 1 unspecified atom stereocenters. The van der Waals surface area contributed by atoms with Gasteiger partial charge in [0.25, 0.3) is 0 Å². The molecular formula is C19H19N5O3S. The Morgan fingerprint density at radius 2 is 1.86 bits per heavy atom. The second kappa shape index (κ2) is 8.66. The van der Waals surface area contributed by atoms with Crippen molar-refractivity contribution in [3.8, 4) is 11.4 Å². The van der Waals surface area contributed by atoms with Crippen molar-refractivity contribution in [3.05, 3.63) is 54.1 Å². The van der Waals surface area contributed by atoms with Crippen LogP contribution in [0.2, 0.25) is 0 Å². The number of Topliss-reactive ketones (excluding diaryl/α,β-unsaturated/α-hetero) is 1. The molecular weight excluding hydrogens is 378 g/mol. The number of aromatic nitrogens is 4. The van der Waals surface area contributed by atoms with Gasteiger partial charge in [-0.15, -0.1) is 5.10 Å². The van der Waals surface area contributed by atoms with E-state index in [1.165, 1.54) is 18.7 Å². The highest BCUT2D eigenvalue weighted by molar-refractivity contribution is 8.00. The second-order valence-electron chi connectivity index (χ2n) is 5.93. The van der Waals surface area contributed by atoms with E-state index >= 15 is 0 Å². The number of carbonyl (C=O) groups is 2. The zero-order chi connectivity index (χ0) is 20.1. The lowest BCUT2D eigenvalue weighted by Gasteiger charge is -2.12. The van der Waals surface area contributed by atoms with Gasteiger partial charge in [0.05, 0.1) is 12.4 Å². The number of thioether (sulfide) groups is 1. The van der Waals surface area contributed by atoms with Crippen LogP contribution >= 0.6 is 11.8 Å². The molecule has 28 heavy (non-hydrogen) atoms. The van der Waals surface area contributed by atoms with E-state index in [9.17, 15) is 9.59 Å². The molecule has 0 saturated heterocycles. The number of nitrogens with one attached hydrogen (secondary N) is 1. The van der Waals surface area contributed by atoms with Crippen molar-refractivity contribution in [3.63, 3.8) is 0 Å². The third-order valence-corrected chi connectivity index (χ3v) is 4.93. The molecule has 0 bridgehead atoms. The van der Waals surface area contributed by atoms with E-state index in [0.717, 1.165) is 0 Å². The van der Waals surface area contributed by atoms with Crippen LogP contribution in [0, 0.1) is 0 Å². The van der Waals surface area contributed by atoms with Gasteiger partial charge in [0, 0.05) is 18.2 Å². The quantitative estimate of drug-likeness (QED) is 0.483. The molecule has 0 aliphatic rings. The lowest BCUT2D eigenvalue weighted by atomic mass is 10.1. The number of anilines is 1. The van der Waals surface area contributed by atoms with Gasteiger partial charge in [0.15, 0.2) is 5.78 Å². The number of nitrogens with zero attached hydrogens (tertiary/aromatic N) is 4. The molecule has 1 N–H and O–H groups in total. The van der Waals surface area contributed by atoms with Crippen LogP contribution in [0.4, 0.5) is 5.69 Å². The second-order valence-corrected chi connectivity index (χ2v) is 7.24. The van der Waals surface area contributed by atoms with Crippen LogP contribution in [0.3, 0.4) is 0 Å². The first-order valence-electron chi connectivity index (χ1n) is 8.50. The van der Waals surface area contributed by atoms with E-state index in [2.05, 4.69) is 20.8 Å². The van der Waals surface area contributed by atoms with Crippen LogP contribution in [0.1, 0.15) is 24.2 Å². The van der Waals surface area contributed by atoms with E-state index in [4.69, 9.17) is 4.74 Å². The van der Waals surface area contributed by atoms with Gasteiger partial charge in [-0.25, -0.2) is 0 Å². The van der Waals surface area contributed by atoms with E-state index in [1.807, 2.05) is 24.3 Å². The largest absolute Gasteiger partial charge is 0.494 e. The predicted octanol–water partition coefficient (Wildman–Crippen LogP) is 2.99. The van der Waals surface area contributed by atoms with Gasteiger partial charge in [0.2, 0.25) is 11.1 Å². The fourth-order valence-electron chi connectivity index (χ4n) is 2.58. The third-order valence-electron chi connectivity index (χ3n) is 3.90. The minimum Gasteiger partial charge on any atom is -0.494 e. The van der Waals surface area contributed by atoms with Crippen molar-refractivity contribution < 1.29 is 14.3 Å². The normalized spacial score (nSPS) is 11.7. The number of ether oxygens (including phenoxy) is 1. The molecule has 144 valence electrons. The average molecular weight is 397 g/mol. The van der Waals surface area contributed by atoms with Gasteiger partial charge in [-0.05, 0) is 53.7 Å². The lowest BCUT2D eigenvalue weighted by Crippen LogP contribution is -2.15. The summed E-state index contributed by atoms with van der Waals surface area (Å²) in [6.45, 7) is 3.24. The predicted molar refractivity (Wildman–Crippen MR) is 106 cm³/mol. The molecule has 3 rings (SSSR count). The van der Waals surface area contributed by atoms with Crippen LogP contribution in [0.5, 0.6) is 5.75 Å². The Hall–Kier alpha value is -3.20. The number of ketones is 1. The van der Waals surface area contributed by atoms with Gasteiger partial charge in [-0.3, -0.25) is 9.59 Å². The number of carbonyl (C=O) groups excluding carboxylic acids is 2. The maximum Gasteiger partial charge on any atom is 0.221 e. The fourth-order valence-corrected chi connectivity index (χ4v) is 3.45. The number of benzene rings is 2. The summed E-state index contributed by atoms with van der Waals surface area (Å²) in [7, 11) is 1.58. The number of tetrazole rings is 1. The summed E-state index contributed by atoms with van der Waals surface area (Å²) in [6.07, 6.45) is 0. The van der Waals surface area contributed by atoms with Crippen LogP contribution in [0.25, 0.3) is 5.69 Å². The SMILES string of the molecule is COc1ccccc1-n1nnnc1SC(C)C(=O)c1ccc(NC(C)=O)cc1. The van der Waals surface area contributed by atoms with E-state index in [-0.39, 0.29) is 11.7 Å². The van der Waals surface area contributed by atoms with Crippen molar-refractivity contribution in [2.45, 2.75) is 24.3 Å². The molecule has 8 nitrogen and oxygen atoms in total. The standard InChI is InChI=1S/C19H19N5O3S/c1-12(18(26)14-8-10-15(11-9-14)20-13(2)25)28-19-21-22-23-24(19)16-6-4-5-7-17(16)27-3/h4-12H,1-3H3,(H,20,25). The van der Waals surface area contributed by atoms with Crippen LogP contribution in [-0.4, -0.2) is 44.3 Å². The number of methoxy groups -OCH3 is 1. The summed E-state index contributed by atoms with van der Waals surface area (Å²) in [5.41, 5.74) is 1.88. The Kier molecular flexibility index (Phi) is 6.05. The first-order valence-corrected chi connectivity index (χ1v) is 9.38. The molecule has 1 heterocycles. The summed E-state index contributed by atoms with van der Waals surface area (Å²) in [5, 5.41) is 14.5. The molecule has 0 aliphatic carbocycles. The molecule has 3 aromatic rings. The average Bonchev–Trinajstić information content (AvgIpc) is 3.15. The van der Waals surface area contributed by atoms with E-state index < -0.39 is 5.25 Å². The van der Waals surface area contributed by atoms with Gasteiger partial charge < -0.3 is 10.1 Å². The van der Waals surface area contributed by atoms with Crippen LogP contribution in [-0.2, 0) is 4.79 Å². The van der Waals surface area contributed by atoms with Crippen molar-refractivity contribution in [1.29, 1.82) is 0 Å². The number of amides is 1. The number of para-hydroxylation sites is 2. The van der Waals surface area contributed by atoms with Gasteiger partial charge in [-0.2, -0.15) is 4.68 Å². The Morgan fingerprint density at radius 3 is 2.54 bits per heavy atom. The highest BCUT2D eigenvalue weighted by atomic mass is 32.2. The molecule has 9 heteroatoms. The minimum absolute atomic E-state index is 0.0612.